The van der Waals surface area contributed by atoms with Gasteiger partial charge in [0.2, 0.25) is 0 Å². The number of aryl methyl sites for hydroxylation is 1. The Balaban J connectivity index is 2.21. The standard InChI is InChI=1S/C17H16BrFN4O4/c1-22-14(26)5-13(21-12-3-2-9(18)4-11(12)19)15-16(22)20-8-23(17(15)27)6-10(25)7-24/h2-5,8,10,21,24-25H,6-7H2,1H3/t10-/m0/s1. The Morgan fingerprint density at radius 3 is 2.70 bits per heavy atom. The van der Waals surface area contributed by atoms with Crippen molar-refractivity contribution in [2.24, 2.45) is 7.05 Å². The van der Waals surface area contributed by atoms with Gasteiger partial charge in [0.05, 0.1) is 37.0 Å². The van der Waals surface area contributed by atoms with Gasteiger partial charge in [0.1, 0.15) is 11.2 Å². The van der Waals surface area contributed by atoms with Gasteiger partial charge in [0.15, 0.2) is 5.65 Å². The number of hydrogen-bond donors (Lipinski definition) is 3. The van der Waals surface area contributed by atoms with Gasteiger partial charge >= 0.3 is 0 Å². The Kier molecular flexibility index (Phi) is 5.40. The minimum absolute atomic E-state index is 0.0621. The zero-order valence-electron chi connectivity index (χ0n) is 14.2. The quantitative estimate of drug-likeness (QED) is 0.550. The molecule has 0 bridgehead atoms. The zero-order valence-corrected chi connectivity index (χ0v) is 15.8. The molecule has 3 aromatic rings. The summed E-state index contributed by atoms with van der Waals surface area (Å²) in [6, 6.07) is 5.51. The van der Waals surface area contributed by atoms with Crippen LogP contribution in [0.4, 0.5) is 15.8 Å². The molecule has 1 atom stereocenters. The molecule has 0 unspecified atom stereocenters. The van der Waals surface area contributed by atoms with Crippen molar-refractivity contribution in [1.29, 1.82) is 0 Å². The lowest BCUT2D eigenvalue weighted by Gasteiger charge is -2.15. The number of nitrogens with zero attached hydrogens (tertiary/aromatic N) is 3. The Morgan fingerprint density at radius 2 is 2.04 bits per heavy atom. The Morgan fingerprint density at radius 1 is 1.30 bits per heavy atom. The molecule has 0 amide bonds. The maximum absolute atomic E-state index is 14.2. The molecule has 2 heterocycles. The van der Waals surface area contributed by atoms with E-state index >= 15 is 0 Å². The third kappa shape index (κ3) is 3.77. The predicted molar refractivity (Wildman–Crippen MR) is 102 cm³/mol. The molecule has 10 heteroatoms. The van der Waals surface area contributed by atoms with Crippen LogP contribution in [0.2, 0.25) is 0 Å². The molecular formula is C17H16BrFN4O4. The summed E-state index contributed by atoms with van der Waals surface area (Å²) < 4.78 is 17.0. The molecule has 142 valence electrons. The summed E-state index contributed by atoms with van der Waals surface area (Å²) in [5.74, 6) is -0.571. The lowest BCUT2D eigenvalue weighted by atomic mass is 10.2. The molecule has 0 spiro atoms. The van der Waals surface area contributed by atoms with Crippen LogP contribution in [0.5, 0.6) is 0 Å². The average molecular weight is 439 g/mol. The zero-order chi connectivity index (χ0) is 19.7. The van der Waals surface area contributed by atoms with Crippen molar-refractivity contribution < 1.29 is 14.6 Å². The highest BCUT2D eigenvalue weighted by molar-refractivity contribution is 9.10. The summed E-state index contributed by atoms with van der Waals surface area (Å²) in [5, 5.41) is 21.4. The molecule has 0 fully saturated rings. The van der Waals surface area contributed by atoms with E-state index < -0.39 is 29.6 Å². The third-order valence-electron chi connectivity index (χ3n) is 4.02. The number of halogens is 2. The number of aromatic nitrogens is 3. The summed E-state index contributed by atoms with van der Waals surface area (Å²) in [4.78, 5) is 29.2. The number of nitrogens with one attached hydrogen (secondary N) is 1. The fourth-order valence-electron chi connectivity index (χ4n) is 2.62. The number of fused-ring (bicyclic) bond motifs is 1. The number of pyridine rings is 1. The summed E-state index contributed by atoms with van der Waals surface area (Å²) in [6.45, 7) is -0.694. The van der Waals surface area contributed by atoms with Gasteiger partial charge in [-0.2, -0.15) is 0 Å². The van der Waals surface area contributed by atoms with Crippen LogP contribution in [-0.2, 0) is 13.6 Å². The van der Waals surface area contributed by atoms with Gasteiger partial charge in [-0.25, -0.2) is 9.37 Å². The number of hydrogen-bond acceptors (Lipinski definition) is 6. The van der Waals surface area contributed by atoms with Gasteiger partial charge in [0.25, 0.3) is 11.1 Å². The second-order valence-electron chi connectivity index (χ2n) is 5.94. The minimum Gasteiger partial charge on any atom is -0.394 e. The van der Waals surface area contributed by atoms with Crippen molar-refractivity contribution in [2.45, 2.75) is 12.6 Å². The van der Waals surface area contributed by atoms with Crippen molar-refractivity contribution in [3.8, 4) is 0 Å². The highest BCUT2D eigenvalue weighted by Gasteiger charge is 2.16. The Bertz CT molecular complexity index is 1130. The number of aliphatic hydroxyl groups is 2. The van der Waals surface area contributed by atoms with E-state index in [1.807, 2.05) is 0 Å². The Hall–Kier alpha value is -2.56. The fraction of sp³-hybridized carbons (Fsp3) is 0.235. The van der Waals surface area contributed by atoms with E-state index in [1.54, 1.807) is 6.07 Å². The van der Waals surface area contributed by atoms with Crippen LogP contribution < -0.4 is 16.4 Å². The van der Waals surface area contributed by atoms with Crippen LogP contribution in [0.1, 0.15) is 0 Å². The van der Waals surface area contributed by atoms with Gasteiger partial charge in [0, 0.05) is 17.6 Å². The molecule has 0 aliphatic heterocycles. The van der Waals surface area contributed by atoms with E-state index in [4.69, 9.17) is 5.11 Å². The van der Waals surface area contributed by atoms with Crippen molar-refractivity contribution in [1.82, 2.24) is 14.1 Å². The first-order valence-corrected chi connectivity index (χ1v) is 8.71. The molecule has 2 aromatic heterocycles. The van der Waals surface area contributed by atoms with Crippen LogP contribution >= 0.6 is 15.9 Å². The van der Waals surface area contributed by atoms with Crippen LogP contribution in [-0.4, -0.2) is 37.0 Å². The summed E-state index contributed by atoms with van der Waals surface area (Å²) in [6.07, 6.45) is 0.0438. The van der Waals surface area contributed by atoms with Crippen molar-refractivity contribution in [3.63, 3.8) is 0 Å². The smallest absolute Gasteiger partial charge is 0.264 e. The molecule has 1 aromatic carbocycles. The van der Waals surface area contributed by atoms with Crippen LogP contribution in [0.3, 0.4) is 0 Å². The van der Waals surface area contributed by atoms with E-state index in [1.165, 1.54) is 36.1 Å². The molecule has 8 nitrogen and oxygen atoms in total. The SMILES string of the molecule is Cn1c(=O)cc(Nc2ccc(Br)cc2F)c2c(=O)n(C[C@H](O)CO)cnc21. The summed E-state index contributed by atoms with van der Waals surface area (Å²) in [7, 11) is 1.47. The van der Waals surface area contributed by atoms with Gasteiger partial charge < -0.3 is 15.5 Å². The highest BCUT2D eigenvalue weighted by atomic mass is 79.9. The van der Waals surface area contributed by atoms with Gasteiger partial charge in [-0.3, -0.25) is 18.7 Å². The lowest BCUT2D eigenvalue weighted by Crippen LogP contribution is -2.31. The molecule has 0 aliphatic rings. The van der Waals surface area contributed by atoms with Crippen molar-refractivity contribution in [3.05, 3.63) is 61.6 Å². The molecule has 27 heavy (non-hydrogen) atoms. The average Bonchev–Trinajstić information content (AvgIpc) is 2.63. The van der Waals surface area contributed by atoms with Gasteiger partial charge in [-0.1, -0.05) is 15.9 Å². The second-order valence-corrected chi connectivity index (χ2v) is 6.86. The maximum Gasteiger partial charge on any atom is 0.264 e. The molecule has 0 aliphatic carbocycles. The molecule has 3 rings (SSSR count). The topological polar surface area (TPSA) is 109 Å². The molecular weight excluding hydrogens is 423 g/mol. The predicted octanol–water partition coefficient (Wildman–Crippen LogP) is 1.09. The first kappa shape index (κ1) is 19.2. The first-order valence-electron chi connectivity index (χ1n) is 7.92. The molecule has 0 saturated carbocycles. The van der Waals surface area contributed by atoms with E-state index in [0.29, 0.717) is 4.47 Å². The molecule has 0 radical (unpaired) electrons. The number of anilines is 2. The summed E-state index contributed by atoms with van der Waals surface area (Å²) in [5.41, 5.74) is -0.675. The lowest BCUT2D eigenvalue weighted by molar-refractivity contribution is 0.0802. The first-order chi connectivity index (χ1) is 12.8. The fourth-order valence-corrected chi connectivity index (χ4v) is 2.95. The summed E-state index contributed by atoms with van der Waals surface area (Å²) >= 11 is 3.16. The van der Waals surface area contributed by atoms with Crippen LogP contribution in [0.25, 0.3) is 11.0 Å². The maximum atomic E-state index is 14.2. The number of aliphatic hydroxyl groups excluding tert-OH is 2. The van der Waals surface area contributed by atoms with E-state index in [0.717, 1.165) is 4.57 Å². The number of rotatable bonds is 5. The van der Waals surface area contributed by atoms with Crippen molar-refractivity contribution >= 4 is 38.3 Å². The minimum atomic E-state index is -1.14. The van der Waals surface area contributed by atoms with E-state index in [-0.39, 0.29) is 29.0 Å². The normalized spacial score (nSPS) is 12.3. The molecule has 0 saturated heterocycles. The van der Waals surface area contributed by atoms with Crippen molar-refractivity contribution in [2.75, 3.05) is 11.9 Å². The van der Waals surface area contributed by atoms with Gasteiger partial charge in [-0.05, 0) is 18.2 Å². The largest absolute Gasteiger partial charge is 0.394 e. The van der Waals surface area contributed by atoms with E-state index in [9.17, 15) is 19.1 Å². The molecule has 3 N–H and O–H groups in total. The second kappa shape index (κ2) is 7.59. The van der Waals surface area contributed by atoms with Gasteiger partial charge in [-0.15, -0.1) is 0 Å². The van der Waals surface area contributed by atoms with E-state index in [2.05, 4.69) is 26.2 Å². The Labute approximate surface area is 160 Å². The number of benzene rings is 1. The third-order valence-corrected chi connectivity index (χ3v) is 4.52. The highest BCUT2D eigenvalue weighted by Crippen LogP contribution is 2.25. The monoisotopic (exact) mass is 438 g/mol. The van der Waals surface area contributed by atoms with Crippen LogP contribution in [0.15, 0.2) is 44.7 Å². The van der Waals surface area contributed by atoms with Crippen LogP contribution in [0, 0.1) is 5.82 Å².